The van der Waals surface area contributed by atoms with Crippen molar-refractivity contribution in [3.8, 4) is 0 Å². The average molecular weight is 283 g/mol. The van der Waals surface area contributed by atoms with Crippen LogP contribution in [0.25, 0.3) is 16.6 Å². The molecule has 0 radical (unpaired) electrons. The summed E-state index contributed by atoms with van der Waals surface area (Å²) in [5.41, 5.74) is 4.73. The summed E-state index contributed by atoms with van der Waals surface area (Å²) in [6.07, 6.45) is 8.69. The molecule has 1 aliphatic heterocycles. The normalized spacial score (nSPS) is 28.2. The van der Waals surface area contributed by atoms with Crippen molar-refractivity contribution in [3.63, 3.8) is 0 Å². The average Bonchev–Trinajstić information content (AvgIpc) is 3.02. The van der Waals surface area contributed by atoms with E-state index in [2.05, 4.69) is 35.1 Å². The third-order valence-corrected chi connectivity index (χ3v) is 4.90. The predicted molar refractivity (Wildman–Crippen MR) is 82.8 cm³/mol. The second-order valence-electron chi connectivity index (χ2n) is 7.13. The number of nitrogens with zero attached hydrogens (tertiary/aromatic N) is 2. The van der Waals surface area contributed by atoms with Gasteiger partial charge in [-0.25, -0.2) is 0 Å². The Balaban J connectivity index is 1.63. The largest absolute Gasteiger partial charge is 0.375 e. The lowest BCUT2D eigenvalue weighted by atomic mass is 9.71. The van der Waals surface area contributed by atoms with Gasteiger partial charge in [0.1, 0.15) is 11.2 Å². The molecular formula is C17H21N3O. The number of pyridine rings is 1. The Morgan fingerprint density at radius 1 is 1.33 bits per heavy atom. The monoisotopic (exact) mass is 283 g/mol. The number of fused-ring (bicyclic) bond motifs is 1. The molecule has 1 spiro atoms. The molecule has 3 heterocycles. The summed E-state index contributed by atoms with van der Waals surface area (Å²) in [5.74, 6) is 0. The number of nitrogens with one attached hydrogen (secondary N) is 1. The first-order valence-electron chi connectivity index (χ1n) is 7.70. The SMILES string of the molecule is CC1(C)CC2(CC=C(c3n[nH]c4cccnc34)CC2)CO1. The van der Waals surface area contributed by atoms with Gasteiger partial charge in [-0.1, -0.05) is 6.08 Å². The van der Waals surface area contributed by atoms with E-state index < -0.39 is 0 Å². The Kier molecular flexibility index (Phi) is 2.73. The summed E-state index contributed by atoms with van der Waals surface area (Å²) in [7, 11) is 0. The van der Waals surface area contributed by atoms with Gasteiger partial charge in [-0.2, -0.15) is 5.10 Å². The first-order chi connectivity index (χ1) is 10.1. The molecule has 1 fully saturated rings. The molecule has 0 amide bonds. The highest BCUT2D eigenvalue weighted by Gasteiger charge is 2.44. The Hall–Kier alpha value is -1.68. The maximum absolute atomic E-state index is 5.97. The van der Waals surface area contributed by atoms with Gasteiger partial charge in [0.25, 0.3) is 0 Å². The van der Waals surface area contributed by atoms with Gasteiger partial charge in [0.05, 0.1) is 17.7 Å². The molecule has 4 nitrogen and oxygen atoms in total. The van der Waals surface area contributed by atoms with E-state index in [4.69, 9.17) is 4.74 Å². The summed E-state index contributed by atoms with van der Waals surface area (Å²) < 4.78 is 5.97. The van der Waals surface area contributed by atoms with E-state index in [-0.39, 0.29) is 5.60 Å². The van der Waals surface area contributed by atoms with Gasteiger partial charge in [0.2, 0.25) is 0 Å². The minimum atomic E-state index is 0.0337. The molecular weight excluding hydrogens is 262 g/mol. The molecule has 0 saturated carbocycles. The van der Waals surface area contributed by atoms with Crippen LogP contribution in [0.15, 0.2) is 24.4 Å². The van der Waals surface area contributed by atoms with Crippen molar-refractivity contribution in [2.24, 2.45) is 5.41 Å². The smallest absolute Gasteiger partial charge is 0.116 e. The molecule has 4 rings (SSSR count). The Morgan fingerprint density at radius 2 is 2.24 bits per heavy atom. The van der Waals surface area contributed by atoms with Crippen LogP contribution in [0.3, 0.4) is 0 Å². The van der Waals surface area contributed by atoms with Crippen LogP contribution in [0.4, 0.5) is 0 Å². The molecule has 1 unspecified atom stereocenters. The second-order valence-corrected chi connectivity index (χ2v) is 7.13. The Bertz CT molecular complexity index is 716. The number of allylic oxidation sites excluding steroid dienone is 2. The minimum Gasteiger partial charge on any atom is -0.375 e. The number of ether oxygens (including phenoxy) is 1. The standard InChI is InChI=1S/C17H21N3O/c1-16(2)10-17(11-21-16)7-5-12(6-8-17)14-15-13(19-20-14)4-3-9-18-15/h3-5,9H,6-8,10-11H2,1-2H3,(H,19,20). The molecule has 110 valence electrons. The highest BCUT2D eigenvalue weighted by Crippen LogP contribution is 2.49. The molecule has 1 aliphatic carbocycles. The van der Waals surface area contributed by atoms with Crippen LogP contribution in [0.5, 0.6) is 0 Å². The van der Waals surface area contributed by atoms with E-state index >= 15 is 0 Å². The number of hydrogen-bond donors (Lipinski definition) is 1. The van der Waals surface area contributed by atoms with Crippen molar-refractivity contribution < 1.29 is 4.74 Å². The Labute approximate surface area is 124 Å². The van der Waals surface area contributed by atoms with Gasteiger partial charge in [-0.05, 0) is 57.2 Å². The fourth-order valence-corrected chi connectivity index (χ4v) is 3.88. The Morgan fingerprint density at radius 3 is 2.95 bits per heavy atom. The van der Waals surface area contributed by atoms with Crippen LogP contribution in [0, 0.1) is 5.41 Å². The third-order valence-electron chi connectivity index (χ3n) is 4.90. The summed E-state index contributed by atoms with van der Waals surface area (Å²) in [4.78, 5) is 4.47. The maximum Gasteiger partial charge on any atom is 0.116 e. The molecule has 2 aromatic heterocycles. The van der Waals surface area contributed by atoms with Crippen molar-refractivity contribution >= 4 is 16.6 Å². The van der Waals surface area contributed by atoms with Crippen molar-refractivity contribution in [3.05, 3.63) is 30.1 Å². The number of aromatic nitrogens is 3. The molecule has 1 atom stereocenters. The highest BCUT2D eigenvalue weighted by atomic mass is 16.5. The lowest BCUT2D eigenvalue weighted by molar-refractivity contribution is 0.0306. The van der Waals surface area contributed by atoms with Crippen molar-refractivity contribution in [1.29, 1.82) is 0 Å². The van der Waals surface area contributed by atoms with E-state index in [0.29, 0.717) is 5.41 Å². The van der Waals surface area contributed by atoms with Crippen LogP contribution in [0.1, 0.15) is 45.2 Å². The van der Waals surface area contributed by atoms with Crippen LogP contribution in [-0.4, -0.2) is 27.4 Å². The molecule has 4 heteroatoms. The van der Waals surface area contributed by atoms with Gasteiger partial charge in [-0.3, -0.25) is 10.1 Å². The first kappa shape index (κ1) is 13.0. The second kappa shape index (κ2) is 4.41. The fraction of sp³-hybridized carbons (Fsp3) is 0.529. The first-order valence-corrected chi connectivity index (χ1v) is 7.70. The lowest BCUT2D eigenvalue weighted by Gasteiger charge is -2.31. The number of rotatable bonds is 1. The quantitative estimate of drug-likeness (QED) is 0.868. The van der Waals surface area contributed by atoms with Crippen LogP contribution in [-0.2, 0) is 4.74 Å². The van der Waals surface area contributed by atoms with Crippen molar-refractivity contribution in [1.82, 2.24) is 15.2 Å². The van der Waals surface area contributed by atoms with E-state index in [1.807, 2.05) is 18.3 Å². The van der Waals surface area contributed by atoms with Gasteiger partial charge < -0.3 is 4.74 Å². The van der Waals surface area contributed by atoms with E-state index in [1.165, 1.54) is 12.0 Å². The fourth-order valence-electron chi connectivity index (χ4n) is 3.88. The van der Waals surface area contributed by atoms with Gasteiger partial charge >= 0.3 is 0 Å². The van der Waals surface area contributed by atoms with Gasteiger partial charge in [-0.15, -0.1) is 0 Å². The van der Waals surface area contributed by atoms with Crippen molar-refractivity contribution in [2.45, 2.75) is 45.1 Å². The highest BCUT2D eigenvalue weighted by molar-refractivity contribution is 5.87. The van der Waals surface area contributed by atoms with Crippen LogP contribution < -0.4 is 0 Å². The summed E-state index contributed by atoms with van der Waals surface area (Å²) >= 11 is 0. The molecule has 1 N–H and O–H groups in total. The molecule has 2 aromatic rings. The zero-order valence-corrected chi connectivity index (χ0v) is 12.6. The zero-order valence-electron chi connectivity index (χ0n) is 12.6. The van der Waals surface area contributed by atoms with E-state index in [1.54, 1.807) is 0 Å². The summed E-state index contributed by atoms with van der Waals surface area (Å²) in [5, 5.41) is 7.56. The number of H-pyrrole nitrogens is 1. The lowest BCUT2D eigenvalue weighted by Crippen LogP contribution is -2.25. The molecule has 0 bridgehead atoms. The van der Waals surface area contributed by atoms with E-state index in [0.717, 1.165) is 42.6 Å². The molecule has 0 aromatic carbocycles. The van der Waals surface area contributed by atoms with Gasteiger partial charge in [0.15, 0.2) is 0 Å². The number of aromatic amines is 1. The minimum absolute atomic E-state index is 0.0337. The number of hydrogen-bond acceptors (Lipinski definition) is 3. The molecule has 1 saturated heterocycles. The molecule has 2 aliphatic rings. The summed E-state index contributed by atoms with van der Waals surface area (Å²) in [6.45, 7) is 5.29. The van der Waals surface area contributed by atoms with E-state index in [9.17, 15) is 0 Å². The van der Waals surface area contributed by atoms with Crippen molar-refractivity contribution in [2.75, 3.05) is 6.61 Å². The predicted octanol–water partition coefficient (Wildman–Crippen LogP) is 3.71. The third kappa shape index (κ3) is 2.18. The molecule has 21 heavy (non-hydrogen) atoms. The summed E-state index contributed by atoms with van der Waals surface area (Å²) in [6, 6.07) is 3.96. The maximum atomic E-state index is 5.97. The zero-order chi connectivity index (χ0) is 14.5. The van der Waals surface area contributed by atoms with Gasteiger partial charge in [0, 0.05) is 11.6 Å². The van der Waals surface area contributed by atoms with Crippen LogP contribution in [0.2, 0.25) is 0 Å². The topological polar surface area (TPSA) is 50.8 Å². The van der Waals surface area contributed by atoms with Crippen LogP contribution >= 0.6 is 0 Å².